The average Bonchev–Trinajstić information content (AvgIpc) is 3.49. The Labute approximate surface area is 199 Å². The SMILES string of the molecule is Cn1cc(Nc2ncc(Cl)c(N[C@@H]3COC4C3OC[C@@H]4NS(=O)(=O)c3ccc(F)cc3)n2)cn1. The summed E-state index contributed by atoms with van der Waals surface area (Å²) in [6, 6.07) is 3.69. The molecule has 0 amide bonds. The van der Waals surface area contributed by atoms with Gasteiger partial charge in [0.2, 0.25) is 16.0 Å². The number of anilines is 3. The molecule has 0 bridgehead atoms. The number of sulfonamides is 1. The molecule has 2 saturated heterocycles. The van der Waals surface area contributed by atoms with Crippen LogP contribution in [0.2, 0.25) is 5.02 Å². The van der Waals surface area contributed by atoms with E-state index in [9.17, 15) is 12.8 Å². The van der Waals surface area contributed by atoms with Crippen LogP contribution >= 0.6 is 11.6 Å². The third kappa shape index (κ3) is 4.70. The zero-order valence-electron chi connectivity index (χ0n) is 17.9. The van der Waals surface area contributed by atoms with Crippen LogP contribution in [0.5, 0.6) is 0 Å². The molecule has 3 aromatic rings. The summed E-state index contributed by atoms with van der Waals surface area (Å²) in [5, 5.41) is 10.7. The van der Waals surface area contributed by atoms with Crippen molar-refractivity contribution in [2.45, 2.75) is 29.2 Å². The first-order valence-electron chi connectivity index (χ1n) is 10.3. The standard InChI is InChI=1S/C20H21ClFN7O4S/c1-29-8-12(6-24-29)25-20-23-7-14(21)19(27-20)26-15-9-32-18-16(10-33-17(15)18)28-34(30,31)13-4-2-11(22)3-5-13/h2-8,15-18,28H,9-10H2,1H3,(H2,23,25,26,27)/t15-,16+,17?,18?/m1/s1. The average molecular weight is 510 g/mol. The van der Waals surface area contributed by atoms with E-state index in [4.69, 9.17) is 21.1 Å². The molecule has 5 rings (SSSR count). The van der Waals surface area contributed by atoms with E-state index in [-0.39, 0.29) is 24.2 Å². The first-order chi connectivity index (χ1) is 16.3. The lowest BCUT2D eigenvalue weighted by atomic mass is 10.1. The summed E-state index contributed by atoms with van der Waals surface area (Å²) in [7, 11) is -2.07. The summed E-state index contributed by atoms with van der Waals surface area (Å²) >= 11 is 6.29. The number of fused-ring (bicyclic) bond motifs is 1. The van der Waals surface area contributed by atoms with Crippen LogP contribution in [0.1, 0.15) is 0 Å². The van der Waals surface area contributed by atoms with Crippen LogP contribution in [0.25, 0.3) is 0 Å². The Hall–Kier alpha value is -2.84. The maximum Gasteiger partial charge on any atom is 0.240 e. The minimum Gasteiger partial charge on any atom is -0.371 e. The highest BCUT2D eigenvalue weighted by atomic mass is 35.5. The van der Waals surface area contributed by atoms with Gasteiger partial charge in [0.1, 0.15) is 23.0 Å². The number of aromatic nitrogens is 4. The normalized spacial score (nSPS) is 24.2. The van der Waals surface area contributed by atoms with Crippen molar-refractivity contribution in [3.63, 3.8) is 0 Å². The topological polar surface area (TPSA) is 132 Å². The Morgan fingerprint density at radius 2 is 1.82 bits per heavy atom. The van der Waals surface area contributed by atoms with Gasteiger partial charge in [0.15, 0.2) is 5.82 Å². The molecule has 2 unspecified atom stereocenters. The maximum atomic E-state index is 13.2. The largest absolute Gasteiger partial charge is 0.371 e. The van der Waals surface area contributed by atoms with Crippen molar-refractivity contribution < 1.29 is 22.3 Å². The van der Waals surface area contributed by atoms with E-state index in [1.54, 1.807) is 24.1 Å². The first-order valence-corrected chi connectivity index (χ1v) is 12.2. The third-order valence-corrected chi connectivity index (χ3v) is 7.29. The van der Waals surface area contributed by atoms with Gasteiger partial charge in [0, 0.05) is 13.2 Å². The molecule has 2 aromatic heterocycles. The Bertz CT molecular complexity index is 1290. The molecular formula is C20H21ClFN7O4S. The third-order valence-electron chi connectivity index (χ3n) is 5.51. The van der Waals surface area contributed by atoms with Crippen molar-refractivity contribution in [2.75, 3.05) is 23.8 Å². The maximum absolute atomic E-state index is 13.2. The monoisotopic (exact) mass is 509 g/mol. The molecule has 4 atom stereocenters. The van der Waals surface area contributed by atoms with Crippen LogP contribution in [0, 0.1) is 5.82 Å². The quantitative estimate of drug-likeness (QED) is 0.435. The van der Waals surface area contributed by atoms with Crippen LogP contribution in [0.3, 0.4) is 0 Å². The molecule has 2 aliphatic rings. The molecule has 14 heteroatoms. The minimum atomic E-state index is -3.87. The molecule has 11 nitrogen and oxygen atoms in total. The number of aryl methyl sites for hydroxylation is 1. The van der Waals surface area contributed by atoms with Gasteiger partial charge in [0.25, 0.3) is 0 Å². The van der Waals surface area contributed by atoms with Crippen molar-refractivity contribution in [3.8, 4) is 0 Å². The van der Waals surface area contributed by atoms with Crippen LogP contribution < -0.4 is 15.4 Å². The van der Waals surface area contributed by atoms with E-state index in [2.05, 4.69) is 30.4 Å². The van der Waals surface area contributed by atoms with E-state index in [1.165, 1.54) is 18.3 Å². The summed E-state index contributed by atoms with van der Waals surface area (Å²) in [5.41, 5.74) is 0.718. The molecule has 0 radical (unpaired) electrons. The number of ether oxygens (including phenoxy) is 2. The highest BCUT2D eigenvalue weighted by Gasteiger charge is 2.49. The number of benzene rings is 1. The number of rotatable bonds is 7. The molecule has 0 spiro atoms. The Morgan fingerprint density at radius 3 is 2.53 bits per heavy atom. The molecule has 3 N–H and O–H groups in total. The second kappa shape index (κ2) is 9.07. The fourth-order valence-electron chi connectivity index (χ4n) is 3.92. The summed E-state index contributed by atoms with van der Waals surface area (Å²) in [4.78, 5) is 8.57. The summed E-state index contributed by atoms with van der Waals surface area (Å²) in [6.07, 6.45) is 3.95. The summed E-state index contributed by atoms with van der Waals surface area (Å²) in [6.45, 7) is 0.384. The highest BCUT2D eigenvalue weighted by Crippen LogP contribution is 2.31. The van der Waals surface area contributed by atoms with Crippen LogP contribution in [-0.2, 0) is 26.5 Å². The minimum absolute atomic E-state index is 0.0357. The lowest BCUT2D eigenvalue weighted by Gasteiger charge is -2.19. The second-order valence-electron chi connectivity index (χ2n) is 7.95. The van der Waals surface area contributed by atoms with Gasteiger partial charge in [-0.1, -0.05) is 11.6 Å². The van der Waals surface area contributed by atoms with Crippen LogP contribution in [-0.4, -0.2) is 65.7 Å². The Morgan fingerprint density at radius 1 is 1.12 bits per heavy atom. The van der Waals surface area contributed by atoms with Crippen molar-refractivity contribution in [2.24, 2.45) is 7.05 Å². The van der Waals surface area contributed by atoms with E-state index < -0.39 is 34.1 Å². The molecule has 2 aliphatic heterocycles. The number of hydrogen-bond acceptors (Lipinski definition) is 9. The van der Waals surface area contributed by atoms with Crippen molar-refractivity contribution in [1.82, 2.24) is 24.5 Å². The van der Waals surface area contributed by atoms with Gasteiger partial charge >= 0.3 is 0 Å². The van der Waals surface area contributed by atoms with Gasteiger partial charge in [-0.25, -0.2) is 22.5 Å². The van der Waals surface area contributed by atoms with Gasteiger partial charge in [-0.05, 0) is 24.3 Å². The predicted molar refractivity (Wildman–Crippen MR) is 121 cm³/mol. The molecule has 4 heterocycles. The van der Waals surface area contributed by atoms with E-state index in [0.29, 0.717) is 16.8 Å². The van der Waals surface area contributed by atoms with E-state index in [0.717, 1.165) is 17.8 Å². The van der Waals surface area contributed by atoms with Gasteiger partial charge in [-0.15, -0.1) is 0 Å². The highest BCUT2D eigenvalue weighted by molar-refractivity contribution is 7.89. The molecule has 34 heavy (non-hydrogen) atoms. The Balaban J connectivity index is 1.25. The lowest BCUT2D eigenvalue weighted by molar-refractivity contribution is 0.0690. The van der Waals surface area contributed by atoms with Gasteiger partial charge in [-0.3, -0.25) is 4.68 Å². The zero-order valence-corrected chi connectivity index (χ0v) is 19.4. The predicted octanol–water partition coefficient (Wildman–Crippen LogP) is 1.67. The van der Waals surface area contributed by atoms with Crippen molar-refractivity contribution >= 4 is 39.1 Å². The molecule has 0 saturated carbocycles. The van der Waals surface area contributed by atoms with Gasteiger partial charge < -0.3 is 20.1 Å². The lowest BCUT2D eigenvalue weighted by Crippen LogP contribution is -2.44. The van der Waals surface area contributed by atoms with Crippen molar-refractivity contribution in [1.29, 1.82) is 0 Å². The van der Waals surface area contributed by atoms with Crippen LogP contribution in [0.4, 0.5) is 21.8 Å². The Kier molecular flexibility index (Phi) is 6.12. The summed E-state index contributed by atoms with van der Waals surface area (Å²) < 4.78 is 54.5. The smallest absolute Gasteiger partial charge is 0.240 e. The number of hydrogen-bond donors (Lipinski definition) is 3. The molecular weight excluding hydrogens is 489 g/mol. The van der Waals surface area contributed by atoms with Crippen LogP contribution in [0.15, 0.2) is 47.8 Å². The fourth-order valence-corrected chi connectivity index (χ4v) is 5.30. The molecule has 0 aliphatic carbocycles. The number of nitrogens with zero attached hydrogens (tertiary/aromatic N) is 4. The van der Waals surface area contributed by atoms with E-state index in [1.807, 2.05) is 0 Å². The molecule has 1 aromatic carbocycles. The number of halogens is 2. The first kappa shape index (κ1) is 22.9. The molecule has 2 fully saturated rings. The van der Waals surface area contributed by atoms with Gasteiger partial charge in [0.05, 0.1) is 48.3 Å². The summed E-state index contributed by atoms with van der Waals surface area (Å²) in [5.74, 6) is 0.197. The zero-order chi connectivity index (χ0) is 23.9. The molecule has 180 valence electrons. The van der Waals surface area contributed by atoms with Crippen molar-refractivity contribution in [3.05, 3.63) is 53.7 Å². The second-order valence-corrected chi connectivity index (χ2v) is 10.1. The van der Waals surface area contributed by atoms with Gasteiger partial charge in [-0.2, -0.15) is 10.1 Å². The van der Waals surface area contributed by atoms with E-state index >= 15 is 0 Å². The number of nitrogens with one attached hydrogen (secondary N) is 3. The fraction of sp³-hybridized carbons (Fsp3) is 0.350.